The van der Waals surface area contributed by atoms with Crippen LogP contribution in [0.2, 0.25) is 5.02 Å². The zero-order valence-corrected chi connectivity index (χ0v) is 10.3. The Morgan fingerprint density at radius 2 is 2.00 bits per heavy atom. The van der Waals surface area contributed by atoms with Crippen LogP contribution in [0.5, 0.6) is 5.75 Å². The van der Waals surface area contributed by atoms with Crippen molar-refractivity contribution in [1.29, 1.82) is 0 Å². The Morgan fingerprint density at radius 3 is 2.50 bits per heavy atom. The topological polar surface area (TPSA) is 46.5 Å². The Hall–Kier alpha value is -1.22. The fraction of sp³-hybridized carbons (Fsp3) is 0.417. The van der Waals surface area contributed by atoms with Crippen molar-refractivity contribution in [3.05, 3.63) is 28.8 Å². The second-order valence-electron chi connectivity index (χ2n) is 4.01. The number of aromatic carboxylic acids is 1. The maximum absolute atomic E-state index is 11.0. The van der Waals surface area contributed by atoms with Crippen LogP contribution in [0.4, 0.5) is 0 Å². The Labute approximate surface area is 100.0 Å². The lowest BCUT2D eigenvalue weighted by molar-refractivity contribution is 0.0687. The van der Waals surface area contributed by atoms with E-state index in [-0.39, 0.29) is 11.7 Å². The van der Waals surface area contributed by atoms with Crippen LogP contribution in [0.1, 0.15) is 31.1 Å². The van der Waals surface area contributed by atoms with Gasteiger partial charge in [0, 0.05) is 5.02 Å². The molecule has 0 saturated carbocycles. The molecule has 3 nitrogen and oxygen atoms in total. The minimum atomic E-state index is -1.01. The van der Waals surface area contributed by atoms with E-state index in [1.165, 1.54) is 18.2 Å². The summed E-state index contributed by atoms with van der Waals surface area (Å²) in [5, 5.41) is 9.45. The SMILES string of the molecule is CC(C)C(C)Oc1cc(Cl)ccc1C(=O)O. The van der Waals surface area contributed by atoms with Gasteiger partial charge in [-0.1, -0.05) is 25.4 Å². The summed E-state index contributed by atoms with van der Waals surface area (Å²) in [5.74, 6) is -0.385. The highest BCUT2D eigenvalue weighted by molar-refractivity contribution is 6.30. The number of hydrogen-bond donors (Lipinski definition) is 1. The first-order valence-corrected chi connectivity index (χ1v) is 5.49. The Morgan fingerprint density at radius 1 is 1.38 bits per heavy atom. The number of rotatable bonds is 4. The molecule has 1 rings (SSSR count). The number of ether oxygens (including phenoxy) is 1. The third-order valence-electron chi connectivity index (χ3n) is 2.43. The fourth-order valence-electron chi connectivity index (χ4n) is 1.11. The van der Waals surface area contributed by atoms with Crippen LogP contribution < -0.4 is 4.74 Å². The van der Waals surface area contributed by atoms with Crippen LogP contribution in [0, 0.1) is 5.92 Å². The van der Waals surface area contributed by atoms with E-state index < -0.39 is 5.97 Å². The molecule has 0 aliphatic carbocycles. The summed E-state index contributed by atoms with van der Waals surface area (Å²) in [6, 6.07) is 4.52. The molecule has 0 heterocycles. The first-order chi connectivity index (χ1) is 7.41. The summed E-state index contributed by atoms with van der Waals surface area (Å²) in [5.41, 5.74) is 0.136. The predicted octanol–water partition coefficient (Wildman–Crippen LogP) is 3.46. The lowest BCUT2D eigenvalue weighted by atomic mass is 10.1. The summed E-state index contributed by atoms with van der Waals surface area (Å²) >= 11 is 5.81. The first kappa shape index (κ1) is 12.8. The average molecular weight is 243 g/mol. The predicted molar refractivity (Wildman–Crippen MR) is 63.3 cm³/mol. The minimum Gasteiger partial charge on any atom is -0.489 e. The first-order valence-electron chi connectivity index (χ1n) is 5.11. The van der Waals surface area contributed by atoms with Gasteiger partial charge in [-0.25, -0.2) is 4.79 Å². The van der Waals surface area contributed by atoms with E-state index >= 15 is 0 Å². The second-order valence-corrected chi connectivity index (χ2v) is 4.45. The molecule has 0 aromatic heterocycles. The van der Waals surface area contributed by atoms with E-state index in [1.54, 1.807) is 0 Å². The van der Waals surface area contributed by atoms with E-state index in [4.69, 9.17) is 21.4 Å². The van der Waals surface area contributed by atoms with Gasteiger partial charge in [0.15, 0.2) is 0 Å². The molecule has 4 heteroatoms. The van der Waals surface area contributed by atoms with Gasteiger partial charge in [-0.15, -0.1) is 0 Å². The van der Waals surface area contributed by atoms with E-state index in [0.29, 0.717) is 16.7 Å². The Kier molecular flexibility index (Phi) is 4.19. The summed E-state index contributed by atoms with van der Waals surface area (Å²) in [6.45, 7) is 5.92. The summed E-state index contributed by atoms with van der Waals surface area (Å²) in [4.78, 5) is 11.0. The van der Waals surface area contributed by atoms with Gasteiger partial charge in [-0.05, 0) is 31.0 Å². The smallest absolute Gasteiger partial charge is 0.339 e. The van der Waals surface area contributed by atoms with Gasteiger partial charge in [-0.3, -0.25) is 0 Å². The molecule has 0 spiro atoms. The zero-order chi connectivity index (χ0) is 12.3. The molecule has 0 amide bonds. The third-order valence-corrected chi connectivity index (χ3v) is 2.66. The molecule has 1 aromatic rings. The second kappa shape index (κ2) is 5.21. The normalized spacial score (nSPS) is 12.6. The highest BCUT2D eigenvalue weighted by Crippen LogP contribution is 2.25. The largest absolute Gasteiger partial charge is 0.489 e. The van der Waals surface area contributed by atoms with Crippen LogP contribution in [0.25, 0.3) is 0 Å². The molecule has 1 aromatic carbocycles. The summed E-state index contributed by atoms with van der Waals surface area (Å²) in [7, 11) is 0. The quantitative estimate of drug-likeness (QED) is 0.880. The van der Waals surface area contributed by atoms with Crippen molar-refractivity contribution >= 4 is 17.6 Å². The van der Waals surface area contributed by atoms with Crippen LogP contribution in [-0.4, -0.2) is 17.2 Å². The third kappa shape index (κ3) is 3.14. The van der Waals surface area contributed by atoms with Gasteiger partial charge in [0.2, 0.25) is 0 Å². The minimum absolute atomic E-state index is 0.0587. The highest BCUT2D eigenvalue weighted by Gasteiger charge is 2.15. The van der Waals surface area contributed by atoms with Crippen LogP contribution in [0.3, 0.4) is 0 Å². The average Bonchev–Trinajstić information content (AvgIpc) is 2.16. The number of benzene rings is 1. The molecule has 1 atom stereocenters. The zero-order valence-electron chi connectivity index (χ0n) is 9.53. The molecule has 0 aliphatic heterocycles. The van der Waals surface area contributed by atoms with Gasteiger partial charge >= 0.3 is 5.97 Å². The number of carbonyl (C=O) groups is 1. The number of halogens is 1. The van der Waals surface area contributed by atoms with Crippen molar-refractivity contribution < 1.29 is 14.6 Å². The fourth-order valence-corrected chi connectivity index (χ4v) is 1.27. The molecular formula is C12H15ClO3. The van der Waals surface area contributed by atoms with Crippen LogP contribution >= 0.6 is 11.6 Å². The molecular weight excluding hydrogens is 228 g/mol. The number of hydrogen-bond acceptors (Lipinski definition) is 2. The van der Waals surface area contributed by atoms with Gasteiger partial charge in [0.1, 0.15) is 11.3 Å². The van der Waals surface area contributed by atoms with Gasteiger partial charge in [0.25, 0.3) is 0 Å². The van der Waals surface area contributed by atoms with Crippen molar-refractivity contribution in [3.63, 3.8) is 0 Å². The molecule has 0 fully saturated rings. The Balaban J connectivity index is 3.01. The number of carboxylic acids is 1. The van der Waals surface area contributed by atoms with Crippen molar-refractivity contribution in [3.8, 4) is 5.75 Å². The molecule has 0 aliphatic rings. The van der Waals surface area contributed by atoms with Crippen molar-refractivity contribution in [2.75, 3.05) is 0 Å². The van der Waals surface area contributed by atoms with Crippen LogP contribution in [0.15, 0.2) is 18.2 Å². The van der Waals surface area contributed by atoms with Crippen molar-refractivity contribution in [1.82, 2.24) is 0 Å². The van der Waals surface area contributed by atoms with E-state index in [9.17, 15) is 4.79 Å². The van der Waals surface area contributed by atoms with Crippen molar-refractivity contribution in [2.24, 2.45) is 5.92 Å². The molecule has 88 valence electrons. The van der Waals surface area contributed by atoms with Gasteiger partial charge in [0.05, 0.1) is 6.10 Å². The molecule has 1 unspecified atom stereocenters. The summed E-state index contributed by atoms with van der Waals surface area (Å²) < 4.78 is 5.58. The molecule has 0 radical (unpaired) electrons. The highest BCUT2D eigenvalue weighted by atomic mass is 35.5. The standard InChI is InChI=1S/C12H15ClO3/c1-7(2)8(3)16-11-6-9(13)4-5-10(11)12(14)15/h4-8H,1-3H3,(H,14,15). The Bertz CT molecular complexity index is 388. The van der Waals surface area contributed by atoms with Crippen LogP contribution in [-0.2, 0) is 0 Å². The van der Waals surface area contributed by atoms with E-state index in [0.717, 1.165) is 0 Å². The van der Waals surface area contributed by atoms with E-state index in [2.05, 4.69) is 0 Å². The lowest BCUT2D eigenvalue weighted by Crippen LogP contribution is -2.20. The monoisotopic (exact) mass is 242 g/mol. The van der Waals surface area contributed by atoms with Gasteiger partial charge in [-0.2, -0.15) is 0 Å². The lowest BCUT2D eigenvalue weighted by Gasteiger charge is -2.19. The molecule has 0 bridgehead atoms. The molecule has 0 saturated heterocycles. The van der Waals surface area contributed by atoms with Crippen molar-refractivity contribution in [2.45, 2.75) is 26.9 Å². The van der Waals surface area contributed by atoms with Gasteiger partial charge < -0.3 is 9.84 Å². The summed E-state index contributed by atoms with van der Waals surface area (Å²) in [6.07, 6.45) is -0.0587. The van der Waals surface area contributed by atoms with E-state index in [1.807, 2.05) is 20.8 Å². The number of carboxylic acid groups (broad SMARTS) is 1. The molecule has 1 N–H and O–H groups in total. The maximum Gasteiger partial charge on any atom is 0.339 e. The maximum atomic E-state index is 11.0. The molecule has 16 heavy (non-hydrogen) atoms.